The number of aromatic nitrogens is 1. The van der Waals surface area contributed by atoms with Gasteiger partial charge in [0.25, 0.3) is 0 Å². The van der Waals surface area contributed by atoms with Crippen LogP contribution in [-0.2, 0) is 4.74 Å². The molecule has 0 aromatic carbocycles. The summed E-state index contributed by atoms with van der Waals surface area (Å²) in [6.45, 7) is 1.61. The van der Waals surface area contributed by atoms with Gasteiger partial charge in [0.15, 0.2) is 0 Å². The van der Waals surface area contributed by atoms with E-state index in [2.05, 4.69) is 19.9 Å². The van der Waals surface area contributed by atoms with Crippen LogP contribution in [0.5, 0.6) is 0 Å². The summed E-state index contributed by atoms with van der Waals surface area (Å²) in [5, 5.41) is 2.78. The van der Waals surface area contributed by atoms with Crippen molar-refractivity contribution in [3.63, 3.8) is 0 Å². The lowest BCUT2D eigenvalue weighted by Crippen LogP contribution is -2.37. The third kappa shape index (κ3) is 2.77. The van der Waals surface area contributed by atoms with E-state index in [-0.39, 0.29) is 12.1 Å². The predicted octanol–water partition coefficient (Wildman–Crippen LogP) is 0.598. The second-order valence-electron chi connectivity index (χ2n) is 4.02. The average Bonchev–Trinajstić information content (AvgIpc) is 2.78. The van der Waals surface area contributed by atoms with Crippen LogP contribution in [0.25, 0.3) is 0 Å². The first kappa shape index (κ1) is 11.5. The largest absolute Gasteiger partial charge is 0.453 e. The number of rotatable bonds is 2. The highest BCUT2D eigenvalue weighted by Crippen LogP contribution is 2.18. The van der Waals surface area contributed by atoms with Crippen molar-refractivity contribution in [1.82, 2.24) is 10.3 Å². The molecule has 1 aliphatic heterocycles. The third-order valence-corrected chi connectivity index (χ3v) is 2.79. The number of methoxy groups -OCH3 is 1. The minimum Gasteiger partial charge on any atom is -0.453 e. The van der Waals surface area contributed by atoms with E-state index >= 15 is 0 Å². The molecule has 2 heterocycles. The van der Waals surface area contributed by atoms with Crippen LogP contribution in [0.1, 0.15) is 6.42 Å². The lowest BCUT2D eigenvalue weighted by atomic mass is 10.3. The minimum absolute atomic E-state index is 0.113. The molecule has 1 aromatic rings. The number of nitrogens with zero attached hydrogens (tertiary/aromatic N) is 2. The molecule has 17 heavy (non-hydrogen) atoms. The van der Waals surface area contributed by atoms with Crippen molar-refractivity contribution in [1.29, 1.82) is 0 Å². The Balaban J connectivity index is 1.93. The van der Waals surface area contributed by atoms with Gasteiger partial charge in [-0.05, 0) is 18.6 Å². The van der Waals surface area contributed by atoms with Crippen LogP contribution >= 0.6 is 0 Å². The Hall–Kier alpha value is -1.98. The first-order valence-corrected chi connectivity index (χ1v) is 5.50. The Kier molecular flexibility index (Phi) is 3.32. The monoisotopic (exact) mass is 236 g/mol. The fourth-order valence-corrected chi connectivity index (χ4v) is 1.90. The van der Waals surface area contributed by atoms with Gasteiger partial charge in [-0.1, -0.05) is 0 Å². The van der Waals surface area contributed by atoms with Gasteiger partial charge in [-0.25, -0.2) is 9.78 Å². The Labute approximate surface area is 99.8 Å². The second-order valence-corrected chi connectivity index (χ2v) is 4.02. The average molecular weight is 236 g/mol. The second kappa shape index (κ2) is 4.90. The zero-order valence-corrected chi connectivity index (χ0v) is 9.72. The molecular formula is C11H16N4O2. The molecule has 0 saturated carbocycles. The Morgan fingerprint density at radius 2 is 2.47 bits per heavy atom. The molecule has 92 valence electrons. The first-order chi connectivity index (χ1) is 8.19. The van der Waals surface area contributed by atoms with Gasteiger partial charge in [-0.2, -0.15) is 0 Å². The van der Waals surface area contributed by atoms with E-state index in [1.807, 2.05) is 12.1 Å². The van der Waals surface area contributed by atoms with Crippen molar-refractivity contribution >= 4 is 17.6 Å². The number of hydrogen-bond acceptors (Lipinski definition) is 5. The summed E-state index contributed by atoms with van der Waals surface area (Å²) in [4.78, 5) is 17.4. The third-order valence-electron chi connectivity index (χ3n) is 2.79. The molecule has 1 unspecified atom stereocenters. The van der Waals surface area contributed by atoms with E-state index in [0.717, 1.165) is 25.3 Å². The molecule has 0 bridgehead atoms. The fourth-order valence-electron chi connectivity index (χ4n) is 1.90. The van der Waals surface area contributed by atoms with Crippen LogP contribution in [0.2, 0.25) is 0 Å². The number of nitrogen functional groups attached to an aromatic ring is 1. The van der Waals surface area contributed by atoms with Gasteiger partial charge in [-0.3, -0.25) is 0 Å². The molecule has 6 heteroatoms. The summed E-state index contributed by atoms with van der Waals surface area (Å²) in [6.07, 6.45) is 2.14. The maximum absolute atomic E-state index is 11.1. The van der Waals surface area contributed by atoms with Crippen molar-refractivity contribution in [2.24, 2.45) is 0 Å². The smallest absolute Gasteiger partial charge is 0.407 e. The zero-order chi connectivity index (χ0) is 12.3. The maximum Gasteiger partial charge on any atom is 0.407 e. The number of pyridine rings is 1. The number of nitrogens with two attached hydrogens (primary N) is 1. The number of anilines is 2. The van der Waals surface area contributed by atoms with E-state index in [1.54, 1.807) is 6.20 Å². The Morgan fingerprint density at radius 3 is 3.12 bits per heavy atom. The van der Waals surface area contributed by atoms with Gasteiger partial charge in [0.05, 0.1) is 25.0 Å². The van der Waals surface area contributed by atoms with Gasteiger partial charge in [-0.15, -0.1) is 0 Å². The van der Waals surface area contributed by atoms with Crippen molar-refractivity contribution in [3.05, 3.63) is 18.3 Å². The summed E-state index contributed by atoms with van der Waals surface area (Å²) < 4.78 is 4.57. The molecule has 1 saturated heterocycles. The quantitative estimate of drug-likeness (QED) is 0.786. The van der Waals surface area contributed by atoms with Gasteiger partial charge in [0.2, 0.25) is 0 Å². The van der Waals surface area contributed by atoms with Gasteiger partial charge in [0.1, 0.15) is 5.82 Å². The normalized spacial score (nSPS) is 19.1. The van der Waals surface area contributed by atoms with E-state index in [4.69, 9.17) is 5.73 Å². The number of ether oxygens (including phenoxy) is 1. The van der Waals surface area contributed by atoms with Crippen LogP contribution in [0.4, 0.5) is 16.3 Å². The molecule has 1 fully saturated rings. The zero-order valence-electron chi connectivity index (χ0n) is 9.72. The Bertz CT molecular complexity index is 393. The molecule has 3 N–H and O–H groups in total. The summed E-state index contributed by atoms with van der Waals surface area (Å²) in [7, 11) is 1.36. The standard InChI is InChI=1S/C11H16N4O2/c1-17-11(16)14-9-4-5-15(7-9)10-3-2-8(12)6-13-10/h2-3,6,9H,4-5,7,12H2,1H3,(H,14,16). The van der Waals surface area contributed by atoms with Gasteiger partial charge < -0.3 is 20.7 Å². The van der Waals surface area contributed by atoms with Crippen LogP contribution < -0.4 is 16.0 Å². The summed E-state index contributed by atoms with van der Waals surface area (Å²) >= 11 is 0. The SMILES string of the molecule is COC(=O)NC1CCN(c2ccc(N)cn2)C1. The molecule has 0 spiro atoms. The van der Waals surface area contributed by atoms with Crippen LogP contribution in [0.15, 0.2) is 18.3 Å². The fraction of sp³-hybridized carbons (Fsp3) is 0.455. The highest BCUT2D eigenvalue weighted by Gasteiger charge is 2.24. The lowest BCUT2D eigenvalue weighted by Gasteiger charge is -2.17. The van der Waals surface area contributed by atoms with E-state index < -0.39 is 0 Å². The highest BCUT2D eigenvalue weighted by atomic mass is 16.5. The molecule has 0 aliphatic carbocycles. The molecule has 0 radical (unpaired) electrons. The lowest BCUT2D eigenvalue weighted by molar-refractivity contribution is 0.167. The highest BCUT2D eigenvalue weighted by molar-refractivity contribution is 5.67. The Morgan fingerprint density at radius 1 is 1.65 bits per heavy atom. The predicted molar refractivity (Wildman–Crippen MR) is 64.8 cm³/mol. The first-order valence-electron chi connectivity index (χ1n) is 5.50. The summed E-state index contributed by atoms with van der Waals surface area (Å²) in [6, 6.07) is 3.82. The van der Waals surface area contributed by atoms with Crippen molar-refractivity contribution in [2.45, 2.75) is 12.5 Å². The maximum atomic E-state index is 11.1. The van der Waals surface area contributed by atoms with E-state index in [1.165, 1.54) is 7.11 Å². The number of carbonyl (C=O) groups excluding carboxylic acids is 1. The number of hydrogen-bond donors (Lipinski definition) is 2. The molecule has 1 aliphatic rings. The van der Waals surface area contributed by atoms with Crippen molar-refractivity contribution in [2.75, 3.05) is 30.8 Å². The van der Waals surface area contributed by atoms with Crippen molar-refractivity contribution in [3.8, 4) is 0 Å². The van der Waals surface area contributed by atoms with Crippen LogP contribution in [0, 0.1) is 0 Å². The van der Waals surface area contributed by atoms with Gasteiger partial charge in [0, 0.05) is 13.1 Å². The minimum atomic E-state index is -0.387. The molecule has 6 nitrogen and oxygen atoms in total. The summed E-state index contributed by atoms with van der Waals surface area (Å²) in [5.74, 6) is 0.883. The molecular weight excluding hydrogens is 220 g/mol. The van der Waals surface area contributed by atoms with E-state index in [9.17, 15) is 4.79 Å². The number of amides is 1. The van der Waals surface area contributed by atoms with Gasteiger partial charge >= 0.3 is 6.09 Å². The molecule has 1 atom stereocenters. The summed E-state index contributed by atoms with van der Waals surface area (Å²) in [5.41, 5.74) is 6.23. The van der Waals surface area contributed by atoms with Crippen molar-refractivity contribution < 1.29 is 9.53 Å². The number of alkyl carbamates (subject to hydrolysis) is 1. The van der Waals surface area contributed by atoms with Crippen LogP contribution in [0.3, 0.4) is 0 Å². The molecule has 1 amide bonds. The van der Waals surface area contributed by atoms with Crippen LogP contribution in [-0.4, -0.2) is 37.3 Å². The molecule has 1 aromatic heterocycles. The van der Waals surface area contributed by atoms with E-state index in [0.29, 0.717) is 5.69 Å². The topological polar surface area (TPSA) is 80.5 Å². The number of carbonyl (C=O) groups is 1. The molecule has 2 rings (SSSR count). The number of nitrogens with one attached hydrogen (secondary N) is 1.